The summed E-state index contributed by atoms with van der Waals surface area (Å²) in [5.74, 6) is 1.20. The molecule has 0 aliphatic carbocycles. The van der Waals surface area contributed by atoms with Crippen molar-refractivity contribution in [3.8, 4) is 5.75 Å². The molecule has 0 atom stereocenters. The van der Waals surface area contributed by atoms with Gasteiger partial charge in [-0.05, 0) is 33.6 Å². The first-order chi connectivity index (χ1) is 6.77. The Morgan fingerprint density at radius 2 is 2.21 bits per heavy atom. The second-order valence-electron chi connectivity index (χ2n) is 2.79. The molecule has 1 rings (SSSR count). The predicted octanol–water partition coefficient (Wildman–Crippen LogP) is 3.93. The van der Waals surface area contributed by atoms with Crippen molar-refractivity contribution in [2.24, 2.45) is 0 Å². The van der Waals surface area contributed by atoms with Crippen LogP contribution in [0.15, 0.2) is 22.7 Å². The number of benzene rings is 1. The topological polar surface area (TPSA) is 9.23 Å². The number of alkyl halides is 2. The third-order valence-electron chi connectivity index (χ3n) is 1.69. The Bertz CT molecular complexity index is 293. The molecule has 1 aromatic carbocycles. The smallest absolute Gasteiger partial charge is 0.133 e. The van der Waals surface area contributed by atoms with E-state index in [4.69, 9.17) is 16.3 Å². The molecule has 0 aromatic heterocycles. The van der Waals surface area contributed by atoms with Gasteiger partial charge >= 0.3 is 0 Å². The van der Waals surface area contributed by atoms with Crippen LogP contribution in [0.5, 0.6) is 5.75 Å². The first kappa shape index (κ1) is 11.8. The van der Waals surface area contributed by atoms with Crippen molar-refractivity contribution >= 4 is 27.5 Å². The Morgan fingerprint density at radius 1 is 1.43 bits per heavy atom. The van der Waals surface area contributed by atoms with Gasteiger partial charge in [-0.1, -0.05) is 6.07 Å². The molecule has 1 nitrogen and oxygen atoms in total. The maximum absolute atomic E-state index is 11.8. The summed E-state index contributed by atoms with van der Waals surface area (Å²) in [6.45, 7) is 0.0483. The van der Waals surface area contributed by atoms with Gasteiger partial charge in [-0.25, -0.2) is 0 Å². The Kier molecular flexibility index (Phi) is 5.26. The lowest BCUT2D eigenvalue weighted by atomic mass is 10.2. The average Bonchev–Trinajstić information content (AvgIpc) is 2.20. The average molecular weight is 282 g/mol. The van der Waals surface area contributed by atoms with Crippen LogP contribution in [0, 0.1) is 0 Å². The van der Waals surface area contributed by atoms with Crippen LogP contribution in [-0.4, -0.2) is 13.3 Å². The highest BCUT2D eigenvalue weighted by atomic mass is 79.9. The molecule has 4 heteroatoms. The summed E-state index contributed by atoms with van der Waals surface area (Å²) in [7, 11) is 0. The molecule has 0 radical (unpaired) electrons. The SMILES string of the molecule is FCCCOc1ccc(CCl)cc1Br. The zero-order chi connectivity index (χ0) is 10.4. The van der Waals surface area contributed by atoms with E-state index in [-0.39, 0.29) is 6.67 Å². The molecule has 0 saturated heterocycles. The van der Waals surface area contributed by atoms with Gasteiger partial charge in [0.15, 0.2) is 0 Å². The quantitative estimate of drug-likeness (QED) is 0.587. The number of hydrogen-bond acceptors (Lipinski definition) is 1. The summed E-state index contributed by atoms with van der Waals surface area (Å²) < 4.78 is 18.0. The zero-order valence-corrected chi connectivity index (χ0v) is 9.94. The first-order valence-corrected chi connectivity index (χ1v) is 5.64. The number of ether oxygens (including phenoxy) is 1. The summed E-state index contributed by atoms with van der Waals surface area (Å²) >= 11 is 9.03. The lowest BCUT2D eigenvalue weighted by Gasteiger charge is -2.07. The van der Waals surface area contributed by atoms with Gasteiger partial charge in [-0.15, -0.1) is 11.6 Å². The highest BCUT2D eigenvalue weighted by Gasteiger charge is 2.01. The molecule has 0 aliphatic heterocycles. The van der Waals surface area contributed by atoms with Gasteiger partial charge in [-0.3, -0.25) is 4.39 Å². The predicted molar refractivity (Wildman–Crippen MR) is 59.8 cm³/mol. The molecule has 0 aliphatic rings. The standard InChI is InChI=1S/C10H11BrClFO/c11-9-6-8(7-12)2-3-10(9)14-5-1-4-13/h2-3,6H,1,4-5,7H2. The van der Waals surface area contributed by atoms with Gasteiger partial charge in [0.1, 0.15) is 5.75 Å². The van der Waals surface area contributed by atoms with Crippen LogP contribution < -0.4 is 4.74 Å². The Balaban J connectivity index is 2.59. The van der Waals surface area contributed by atoms with E-state index in [1.54, 1.807) is 0 Å². The lowest BCUT2D eigenvalue weighted by Crippen LogP contribution is -1.98. The molecule has 0 N–H and O–H groups in total. The Labute approximate surface area is 96.3 Å². The minimum atomic E-state index is -0.350. The summed E-state index contributed by atoms with van der Waals surface area (Å²) in [4.78, 5) is 0. The molecular formula is C10H11BrClFO. The highest BCUT2D eigenvalue weighted by Crippen LogP contribution is 2.26. The monoisotopic (exact) mass is 280 g/mol. The maximum Gasteiger partial charge on any atom is 0.133 e. The molecule has 1 aromatic rings. The van der Waals surface area contributed by atoms with Crippen LogP contribution in [0.2, 0.25) is 0 Å². The van der Waals surface area contributed by atoms with Crippen molar-refractivity contribution in [3.63, 3.8) is 0 Å². The van der Waals surface area contributed by atoms with Gasteiger partial charge in [0, 0.05) is 12.3 Å². The van der Waals surface area contributed by atoms with Gasteiger partial charge in [0.2, 0.25) is 0 Å². The second-order valence-corrected chi connectivity index (χ2v) is 3.91. The third kappa shape index (κ3) is 3.46. The lowest BCUT2D eigenvalue weighted by molar-refractivity contribution is 0.288. The van der Waals surface area contributed by atoms with Gasteiger partial charge < -0.3 is 4.74 Å². The highest BCUT2D eigenvalue weighted by molar-refractivity contribution is 9.10. The van der Waals surface area contributed by atoms with Crippen LogP contribution >= 0.6 is 27.5 Å². The molecule has 0 heterocycles. The van der Waals surface area contributed by atoms with E-state index in [2.05, 4.69) is 15.9 Å². The molecular weight excluding hydrogens is 270 g/mol. The fourth-order valence-electron chi connectivity index (χ4n) is 0.981. The molecule has 0 spiro atoms. The van der Waals surface area contributed by atoms with Crippen LogP contribution in [0.4, 0.5) is 4.39 Å². The van der Waals surface area contributed by atoms with E-state index in [9.17, 15) is 4.39 Å². The van der Waals surface area contributed by atoms with Gasteiger partial charge in [0.25, 0.3) is 0 Å². The van der Waals surface area contributed by atoms with Crippen molar-refractivity contribution in [3.05, 3.63) is 28.2 Å². The van der Waals surface area contributed by atoms with Crippen LogP contribution in [0.25, 0.3) is 0 Å². The van der Waals surface area contributed by atoms with Crippen molar-refractivity contribution in [2.45, 2.75) is 12.3 Å². The van der Waals surface area contributed by atoms with Gasteiger partial charge in [-0.2, -0.15) is 0 Å². The minimum absolute atomic E-state index is 0.350. The van der Waals surface area contributed by atoms with Crippen LogP contribution in [0.1, 0.15) is 12.0 Å². The summed E-state index contributed by atoms with van der Waals surface area (Å²) in [6.07, 6.45) is 0.420. The van der Waals surface area contributed by atoms with Crippen molar-refractivity contribution < 1.29 is 9.13 Å². The number of hydrogen-bond donors (Lipinski definition) is 0. The number of halogens is 3. The molecule has 0 unspecified atom stereocenters. The van der Waals surface area contributed by atoms with E-state index < -0.39 is 0 Å². The summed E-state index contributed by atoms with van der Waals surface area (Å²) in [5, 5.41) is 0. The molecule has 0 saturated carbocycles. The molecule has 78 valence electrons. The van der Waals surface area contributed by atoms with E-state index >= 15 is 0 Å². The van der Waals surface area contributed by atoms with Crippen molar-refractivity contribution in [1.29, 1.82) is 0 Å². The molecule has 0 fully saturated rings. The molecule has 14 heavy (non-hydrogen) atoms. The van der Waals surface area contributed by atoms with Crippen molar-refractivity contribution in [2.75, 3.05) is 13.3 Å². The fraction of sp³-hybridized carbons (Fsp3) is 0.400. The van der Waals surface area contributed by atoms with Gasteiger partial charge in [0.05, 0.1) is 17.8 Å². The zero-order valence-electron chi connectivity index (χ0n) is 7.60. The third-order valence-corrected chi connectivity index (χ3v) is 2.61. The summed E-state index contributed by atoms with van der Waals surface area (Å²) in [5.41, 5.74) is 1.02. The summed E-state index contributed by atoms with van der Waals surface area (Å²) in [6, 6.07) is 5.63. The van der Waals surface area contributed by atoms with Crippen LogP contribution in [-0.2, 0) is 5.88 Å². The van der Waals surface area contributed by atoms with E-state index in [1.165, 1.54) is 0 Å². The van der Waals surface area contributed by atoms with Crippen molar-refractivity contribution in [1.82, 2.24) is 0 Å². The van der Waals surface area contributed by atoms with E-state index in [0.717, 1.165) is 15.8 Å². The number of rotatable bonds is 5. The minimum Gasteiger partial charge on any atom is -0.492 e. The molecule has 0 bridgehead atoms. The molecule has 0 amide bonds. The normalized spacial score (nSPS) is 10.2. The maximum atomic E-state index is 11.8. The second kappa shape index (κ2) is 6.25. The van der Waals surface area contributed by atoms with E-state index in [1.807, 2.05) is 18.2 Å². The first-order valence-electron chi connectivity index (χ1n) is 4.31. The Morgan fingerprint density at radius 3 is 2.79 bits per heavy atom. The van der Waals surface area contributed by atoms with E-state index in [0.29, 0.717) is 18.9 Å². The fourth-order valence-corrected chi connectivity index (χ4v) is 1.69. The Hall–Kier alpha value is -0.280. The van der Waals surface area contributed by atoms with Crippen LogP contribution in [0.3, 0.4) is 0 Å². The largest absolute Gasteiger partial charge is 0.492 e.